The molecule has 13 nitrogen and oxygen atoms in total. The first kappa shape index (κ1) is 46.0. The first-order valence-corrected chi connectivity index (χ1v) is 26.0. The molecule has 3 aliphatic rings. The minimum absolute atomic E-state index is 0.00566. The van der Waals surface area contributed by atoms with Crippen molar-refractivity contribution in [2.24, 2.45) is 0 Å². The Bertz CT molecular complexity index is 2660. The van der Waals surface area contributed by atoms with Gasteiger partial charge >= 0.3 is 12.2 Å². The van der Waals surface area contributed by atoms with Gasteiger partial charge in [0.25, 0.3) is 0 Å². The fraction of sp³-hybridized carbons (Fsp3) is 0.553. The normalized spacial score (nSPS) is 20.1. The standard InChI is InChI=1S/C47H61FN6O7SSi/c1-25(2)63(26(3)4,27(5)6)21-20-29-16-15-17-30-22-31(49-44(55)60-46(8,9)10)23-33(35(29)30)38-37(48)39-36-41(52-43(51-39)62(14,57)58)53-24-32-18-19-34(40(53)28(7)59-42(36)50-38)54(32)45(56)61-47(11,12)13/h15-17,22-23,25-28,32,34,40H,18-19,24H2,1-14H3,(H,49,55)/t28-,32+,34-,40+/m0/s1. The number of anilines is 2. The number of carbonyl (C=O) groups is 2. The molecule has 63 heavy (non-hydrogen) atoms. The van der Waals surface area contributed by atoms with Crippen LogP contribution in [0, 0.1) is 17.3 Å². The van der Waals surface area contributed by atoms with Crippen LogP contribution in [0.5, 0.6) is 5.88 Å². The fourth-order valence-corrected chi connectivity index (χ4v) is 15.9. The number of sulfone groups is 1. The van der Waals surface area contributed by atoms with Crippen LogP contribution in [0.1, 0.15) is 108 Å². The summed E-state index contributed by atoms with van der Waals surface area (Å²) >= 11 is 0. The molecule has 5 heterocycles. The van der Waals surface area contributed by atoms with Crippen molar-refractivity contribution in [3.05, 3.63) is 41.7 Å². The van der Waals surface area contributed by atoms with Gasteiger partial charge in [-0.25, -0.2) is 37.3 Å². The number of nitrogens with zero attached hydrogens (tertiary/aromatic N) is 5. The molecule has 338 valence electrons. The summed E-state index contributed by atoms with van der Waals surface area (Å²) in [4.78, 5) is 44.6. The summed E-state index contributed by atoms with van der Waals surface area (Å²) < 4.78 is 62.8. The summed E-state index contributed by atoms with van der Waals surface area (Å²) in [5.74, 6) is 2.83. The van der Waals surface area contributed by atoms with Crippen LogP contribution in [0.3, 0.4) is 0 Å². The predicted octanol–water partition coefficient (Wildman–Crippen LogP) is 10.0. The monoisotopic (exact) mass is 900 g/mol. The van der Waals surface area contributed by atoms with Gasteiger partial charge < -0.3 is 19.1 Å². The Balaban J connectivity index is 1.50. The van der Waals surface area contributed by atoms with E-state index in [1.165, 1.54) is 0 Å². The van der Waals surface area contributed by atoms with E-state index in [0.29, 0.717) is 51.5 Å². The molecule has 2 fully saturated rings. The molecule has 0 radical (unpaired) electrons. The smallest absolute Gasteiger partial charge is 0.412 e. The second-order valence-corrected chi connectivity index (χ2v) is 27.7. The second-order valence-electron chi connectivity index (χ2n) is 20.3. The summed E-state index contributed by atoms with van der Waals surface area (Å²) in [7, 11) is -6.33. The van der Waals surface area contributed by atoms with Gasteiger partial charge in [-0.3, -0.25) is 10.2 Å². The molecule has 4 atom stereocenters. The van der Waals surface area contributed by atoms with Gasteiger partial charge in [0.2, 0.25) is 20.9 Å². The number of halogens is 1. The first-order valence-electron chi connectivity index (χ1n) is 21.9. The van der Waals surface area contributed by atoms with Gasteiger partial charge in [-0.15, -0.1) is 5.54 Å². The largest absolute Gasteiger partial charge is 0.472 e. The minimum Gasteiger partial charge on any atom is -0.472 e. The second kappa shape index (κ2) is 16.2. The van der Waals surface area contributed by atoms with Crippen molar-refractivity contribution in [1.82, 2.24) is 19.9 Å². The lowest BCUT2D eigenvalue weighted by atomic mass is 9.95. The molecule has 16 heteroatoms. The third kappa shape index (κ3) is 8.55. The Morgan fingerprint density at radius 2 is 1.59 bits per heavy atom. The molecule has 2 aromatic heterocycles. The molecule has 0 spiro atoms. The SMILES string of the molecule is CC(C)[Si](C#Cc1cccc2cc(NC(=O)OC(C)(C)C)cc(-c3nc4c5c(nc(S(C)(=O)=O)nc5c3F)N3C[C@H]5CC[C@@H]([C@H]3[C@H](C)O4)N5C(=O)OC(C)(C)C)c12)(C(C)C)C(C)C. The Morgan fingerprint density at radius 1 is 0.937 bits per heavy atom. The van der Waals surface area contributed by atoms with Crippen molar-refractivity contribution in [3.8, 4) is 28.6 Å². The highest BCUT2D eigenvalue weighted by Crippen LogP contribution is 2.48. The van der Waals surface area contributed by atoms with Crippen LogP contribution in [0.2, 0.25) is 16.6 Å². The van der Waals surface area contributed by atoms with E-state index in [4.69, 9.17) is 19.2 Å². The van der Waals surface area contributed by atoms with Crippen LogP contribution >= 0.6 is 0 Å². The number of pyridine rings is 1. The summed E-state index contributed by atoms with van der Waals surface area (Å²) in [6.45, 7) is 26.3. The molecule has 2 amide bonds. The first-order chi connectivity index (χ1) is 29.2. The van der Waals surface area contributed by atoms with Crippen LogP contribution in [0.25, 0.3) is 32.9 Å². The van der Waals surface area contributed by atoms with Crippen molar-refractivity contribution in [3.63, 3.8) is 0 Å². The Kier molecular flexibility index (Phi) is 11.8. The van der Waals surface area contributed by atoms with Gasteiger partial charge in [0.05, 0.1) is 18.1 Å². The van der Waals surface area contributed by atoms with Crippen LogP contribution in [0.4, 0.5) is 25.5 Å². The molecular formula is C47H61FN6O7SSi. The molecular weight excluding hydrogens is 840 g/mol. The highest BCUT2D eigenvalue weighted by molar-refractivity contribution is 7.90. The number of piperazine rings is 1. The fourth-order valence-electron chi connectivity index (χ4n) is 10.2. The number of hydrogen-bond donors (Lipinski definition) is 1. The molecule has 2 aromatic carbocycles. The molecule has 2 bridgehead atoms. The molecule has 0 unspecified atom stereocenters. The number of amides is 2. The molecule has 0 saturated carbocycles. The third-order valence-corrected chi connectivity index (χ3v) is 19.7. The van der Waals surface area contributed by atoms with Gasteiger partial charge in [0, 0.05) is 35.0 Å². The van der Waals surface area contributed by atoms with E-state index in [2.05, 4.69) is 68.3 Å². The van der Waals surface area contributed by atoms with Gasteiger partial charge in [-0.1, -0.05) is 59.6 Å². The number of carbonyl (C=O) groups excluding carboxylic acids is 2. The lowest BCUT2D eigenvalue weighted by molar-refractivity contribution is 0.000925. The molecule has 2 saturated heterocycles. The molecule has 4 aromatic rings. The van der Waals surface area contributed by atoms with Crippen molar-refractivity contribution in [1.29, 1.82) is 0 Å². The lowest BCUT2D eigenvalue weighted by Crippen LogP contribution is -2.65. The quantitative estimate of drug-likeness (QED) is 0.112. The maximum absolute atomic E-state index is 17.9. The molecule has 3 aliphatic heterocycles. The minimum atomic E-state index is -4.09. The molecule has 1 N–H and O–H groups in total. The summed E-state index contributed by atoms with van der Waals surface area (Å²) in [5, 5.41) is 3.62. The lowest BCUT2D eigenvalue weighted by Gasteiger charge is -2.48. The Labute approximate surface area is 371 Å². The van der Waals surface area contributed by atoms with Gasteiger partial charge in [-0.2, -0.15) is 0 Å². The molecule has 0 aliphatic carbocycles. The Hall–Kier alpha value is -5.01. The highest BCUT2D eigenvalue weighted by atomic mass is 32.2. The number of fused-ring (bicyclic) bond motifs is 6. The van der Waals surface area contributed by atoms with Crippen LogP contribution in [0.15, 0.2) is 35.5 Å². The number of aromatic nitrogens is 3. The number of ether oxygens (including phenoxy) is 3. The van der Waals surface area contributed by atoms with E-state index in [9.17, 15) is 18.0 Å². The number of benzene rings is 2. The van der Waals surface area contributed by atoms with E-state index in [0.717, 1.165) is 6.26 Å². The Morgan fingerprint density at radius 3 is 2.19 bits per heavy atom. The van der Waals surface area contributed by atoms with E-state index >= 15 is 4.39 Å². The van der Waals surface area contributed by atoms with Crippen molar-refractivity contribution >= 4 is 63.3 Å². The maximum atomic E-state index is 17.9. The maximum Gasteiger partial charge on any atom is 0.412 e. The van der Waals surface area contributed by atoms with E-state index in [1.54, 1.807) is 37.8 Å². The van der Waals surface area contributed by atoms with Crippen LogP contribution < -0.4 is 15.0 Å². The van der Waals surface area contributed by atoms with Gasteiger partial charge in [0.15, 0.2) is 5.82 Å². The van der Waals surface area contributed by atoms with Crippen LogP contribution in [-0.2, 0) is 19.3 Å². The van der Waals surface area contributed by atoms with Crippen molar-refractivity contribution in [2.75, 3.05) is 23.0 Å². The van der Waals surface area contributed by atoms with Crippen molar-refractivity contribution in [2.45, 2.75) is 160 Å². The zero-order valence-corrected chi connectivity index (χ0v) is 40.7. The van der Waals surface area contributed by atoms with Crippen molar-refractivity contribution < 1.29 is 36.6 Å². The average molecular weight is 901 g/mol. The highest BCUT2D eigenvalue weighted by Gasteiger charge is 2.54. The summed E-state index contributed by atoms with van der Waals surface area (Å²) in [6, 6.07) is 7.84. The summed E-state index contributed by atoms with van der Waals surface area (Å²) in [5.41, 5.74) is 4.10. The van der Waals surface area contributed by atoms with Gasteiger partial charge in [0.1, 0.15) is 47.8 Å². The topological polar surface area (TPSA) is 153 Å². The predicted molar refractivity (Wildman–Crippen MR) is 247 cm³/mol. The number of hydrogen-bond acceptors (Lipinski definition) is 11. The molecule has 7 rings (SSSR count). The van der Waals surface area contributed by atoms with E-state index in [-0.39, 0.29) is 46.4 Å². The van der Waals surface area contributed by atoms with Crippen LogP contribution in [-0.4, -0.2) is 96.8 Å². The van der Waals surface area contributed by atoms with E-state index in [1.807, 2.05) is 50.8 Å². The third-order valence-electron chi connectivity index (χ3n) is 12.6. The van der Waals surface area contributed by atoms with Gasteiger partial charge in [-0.05, 0) is 102 Å². The summed E-state index contributed by atoms with van der Waals surface area (Å²) in [6.07, 6.45) is 0.498. The zero-order chi connectivity index (χ0) is 46.3. The van der Waals surface area contributed by atoms with E-state index < -0.39 is 70.5 Å². The number of rotatable bonds is 6. The number of nitrogens with one attached hydrogen (secondary N) is 1. The zero-order valence-electron chi connectivity index (χ0n) is 38.9. The average Bonchev–Trinajstić information content (AvgIpc) is 3.39.